The zero-order chi connectivity index (χ0) is 26.1. The quantitative estimate of drug-likeness (QED) is 0.217. The maximum absolute atomic E-state index is 13.4. The minimum Gasteiger partial charge on any atom is -0.339 e. The number of thiazole rings is 1. The lowest BCUT2D eigenvalue weighted by atomic mass is 9.95. The van der Waals surface area contributed by atoms with Gasteiger partial charge in [-0.25, -0.2) is 9.97 Å². The van der Waals surface area contributed by atoms with Crippen molar-refractivity contribution in [2.24, 2.45) is 0 Å². The summed E-state index contributed by atoms with van der Waals surface area (Å²) < 4.78 is 0. The molecule has 4 aromatic rings. The lowest BCUT2D eigenvalue weighted by Crippen LogP contribution is -2.38. The molecular formula is C30H28N4O2S2. The van der Waals surface area contributed by atoms with Crippen LogP contribution in [0.1, 0.15) is 55.7 Å². The second-order valence-electron chi connectivity index (χ2n) is 9.69. The van der Waals surface area contributed by atoms with Gasteiger partial charge in [-0.05, 0) is 46.9 Å². The van der Waals surface area contributed by atoms with E-state index in [0.717, 1.165) is 22.9 Å². The van der Waals surface area contributed by atoms with E-state index >= 15 is 0 Å². The van der Waals surface area contributed by atoms with Crippen molar-refractivity contribution in [3.63, 3.8) is 0 Å². The molecular weight excluding hydrogens is 512 g/mol. The Morgan fingerprint density at radius 1 is 1.00 bits per heavy atom. The highest BCUT2D eigenvalue weighted by molar-refractivity contribution is 7.99. The predicted molar refractivity (Wildman–Crippen MR) is 153 cm³/mol. The number of carbonyl (C=O) groups excluding carboxylic acids is 2. The van der Waals surface area contributed by atoms with E-state index in [1.54, 1.807) is 17.5 Å². The number of hydrogen-bond donors (Lipinski definition) is 0. The maximum Gasteiger partial charge on any atom is 0.273 e. The lowest BCUT2D eigenvalue weighted by Gasteiger charge is -2.31. The van der Waals surface area contributed by atoms with Crippen LogP contribution < -0.4 is 0 Å². The average molecular weight is 541 g/mol. The van der Waals surface area contributed by atoms with Crippen LogP contribution in [0.15, 0.2) is 77.8 Å². The normalized spacial score (nSPS) is 15.6. The summed E-state index contributed by atoms with van der Waals surface area (Å²) in [5.41, 5.74) is 3.54. The number of aromatic nitrogens is 2. The Morgan fingerprint density at radius 3 is 2.45 bits per heavy atom. The molecule has 1 fully saturated rings. The van der Waals surface area contributed by atoms with Gasteiger partial charge >= 0.3 is 0 Å². The number of pyridine rings is 1. The molecule has 4 heterocycles. The number of nitrogens with zero attached hydrogens (tertiary/aromatic N) is 4. The first kappa shape index (κ1) is 24.8. The number of thioether (sulfide) groups is 1. The van der Waals surface area contributed by atoms with Gasteiger partial charge < -0.3 is 9.80 Å². The summed E-state index contributed by atoms with van der Waals surface area (Å²) in [6.45, 7) is 6.29. The first-order valence-electron chi connectivity index (χ1n) is 12.8. The van der Waals surface area contributed by atoms with Crippen molar-refractivity contribution < 1.29 is 9.59 Å². The van der Waals surface area contributed by atoms with Crippen LogP contribution >= 0.6 is 23.1 Å². The molecule has 2 aliphatic rings. The standard InChI is InChI=1S/C30H28N4O2S2/c1-2-16-37-28-24(10-5-13-31-28)29(35)33-14-11-21(12-15-33)27-32-25(19-38-27)30(36)34-17-22-8-3-6-20-7-4-9-23(18-34)26(20)22/h2-10,13,19,21H,1,11-12,14-18H2. The van der Waals surface area contributed by atoms with Gasteiger partial charge in [-0.1, -0.05) is 42.5 Å². The molecule has 0 atom stereocenters. The largest absolute Gasteiger partial charge is 0.339 e. The SMILES string of the molecule is C=CCSc1ncccc1C(=O)N1CCC(c2nc(C(=O)N3Cc4cccc5cccc(c45)C3)cs2)CC1. The monoisotopic (exact) mass is 540 g/mol. The third-order valence-corrected chi connectivity index (χ3v) is 9.31. The summed E-state index contributed by atoms with van der Waals surface area (Å²) in [5, 5.41) is 6.14. The Morgan fingerprint density at radius 2 is 1.74 bits per heavy atom. The zero-order valence-corrected chi connectivity index (χ0v) is 22.6. The third kappa shape index (κ3) is 4.74. The predicted octanol–water partition coefficient (Wildman–Crippen LogP) is 6.15. The molecule has 2 aliphatic heterocycles. The molecule has 2 aromatic heterocycles. The van der Waals surface area contributed by atoms with Crippen LogP contribution in [0, 0.1) is 0 Å². The Kier molecular flexibility index (Phi) is 7.00. The molecule has 38 heavy (non-hydrogen) atoms. The smallest absolute Gasteiger partial charge is 0.273 e. The van der Waals surface area contributed by atoms with Crippen molar-refractivity contribution in [2.75, 3.05) is 18.8 Å². The van der Waals surface area contributed by atoms with Crippen molar-refractivity contribution in [1.29, 1.82) is 0 Å². The van der Waals surface area contributed by atoms with Crippen LogP contribution in [0.4, 0.5) is 0 Å². The highest BCUT2D eigenvalue weighted by Crippen LogP contribution is 2.34. The van der Waals surface area contributed by atoms with E-state index in [4.69, 9.17) is 4.98 Å². The molecule has 6 rings (SSSR count). The molecule has 0 unspecified atom stereocenters. The van der Waals surface area contributed by atoms with E-state index in [9.17, 15) is 9.59 Å². The molecule has 0 bridgehead atoms. The van der Waals surface area contributed by atoms with E-state index in [2.05, 4.69) is 48.0 Å². The number of carbonyl (C=O) groups is 2. The number of rotatable bonds is 6. The first-order valence-corrected chi connectivity index (χ1v) is 14.7. The van der Waals surface area contributed by atoms with Gasteiger partial charge in [-0.2, -0.15) is 0 Å². The van der Waals surface area contributed by atoms with E-state index in [1.165, 1.54) is 33.7 Å². The zero-order valence-electron chi connectivity index (χ0n) is 21.0. The second-order valence-corrected chi connectivity index (χ2v) is 11.6. The first-order chi connectivity index (χ1) is 18.6. The van der Waals surface area contributed by atoms with Crippen molar-refractivity contribution in [3.8, 4) is 0 Å². The average Bonchev–Trinajstić information content (AvgIpc) is 3.46. The molecule has 0 radical (unpaired) electrons. The number of hydrogen-bond acceptors (Lipinski definition) is 6. The van der Waals surface area contributed by atoms with Crippen molar-refractivity contribution in [3.05, 3.63) is 100 Å². The number of piperidine rings is 1. The van der Waals surface area contributed by atoms with E-state index in [0.29, 0.717) is 43.2 Å². The Hall–Kier alpha value is -3.49. The third-order valence-electron chi connectivity index (χ3n) is 7.30. The minimum atomic E-state index is -0.0206. The van der Waals surface area contributed by atoms with Crippen molar-refractivity contribution >= 4 is 45.7 Å². The number of benzene rings is 2. The summed E-state index contributed by atoms with van der Waals surface area (Å²) in [4.78, 5) is 39.7. The van der Waals surface area contributed by atoms with Crippen LogP contribution in [0.5, 0.6) is 0 Å². The molecule has 2 amide bonds. The van der Waals surface area contributed by atoms with Gasteiger partial charge in [0, 0.05) is 49.4 Å². The van der Waals surface area contributed by atoms with Crippen molar-refractivity contribution in [2.45, 2.75) is 36.9 Å². The van der Waals surface area contributed by atoms with Gasteiger partial charge in [0.25, 0.3) is 11.8 Å². The molecule has 0 aliphatic carbocycles. The maximum atomic E-state index is 13.4. The molecule has 8 heteroatoms. The Bertz CT molecular complexity index is 1480. The fourth-order valence-electron chi connectivity index (χ4n) is 5.42. The fraction of sp³-hybridized carbons (Fsp3) is 0.267. The van der Waals surface area contributed by atoms with Gasteiger partial charge in [0.05, 0.1) is 10.6 Å². The summed E-state index contributed by atoms with van der Waals surface area (Å²) in [5.74, 6) is 0.973. The van der Waals surface area contributed by atoms with Gasteiger partial charge in [-0.15, -0.1) is 29.7 Å². The van der Waals surface area contributed by atoms with Crippen LogP contribution in [0.2, 0.25) is 0 Å². The number of likely N-dealkylation sites (tertiary alicyclic amines) is 1. The van der Waals surface area contributed by atoms with Gasteiger partial charge in [0.2, 0.25) is 0 Å². The van der Waals surface area contributed by atoms with E-state index < -0.39 is 0 Å². The molecule has 192 valence electrons. The summed E-state index contributed by atoms with van der Waals surface area (Å²) in [6, 6.07) is 16.3. The second kappa shape index (κ2) is 10.7. The van der Waals surface area contributed by atoms with Crippen LogP contribution in [0.25, 0.3) is 10.8 Å². The summed E-state index contributed by atoms with van der Waals surface area (Å²) in [7, 11) is 0. The highest BCUT2D eigenvalue weighted by atomic mass is 32.2. The summed E-state index contributed by atoms with van der Waals surface area (Å²) >= 11 is 3.09. The topological polar surface area (TPSA) is 66.4 Å². The lowest BCUT2D eigenvalue weighted by molar-refractivity contribution is 0.0708. The van der Waals surface area contributed by atoms with Crippen LogP contribution in [-0.4, -0.2) is 50.4 Å². The molecule has 1 saturated heterocycles. The van der Waals surface area contributed by atoms with Gasteiger partial charge in [-0.3, -0.25) is 9.59 Å². The van der Waals surface area contributed by atoms with Gasteiger partial charge in [0.1, 0.15) is 10.7 Å². The Balaban J connectivity index is 1.11. The van der Waals surface area contributed by atoms with E-state index in [-0.39, 0.29) is 17.7 Å². The molecule has 6 nitrogen and oxygen atoms in total. The van der Waals surface area contributed by atoms with Crippen LogP contribution in [-0.2, 0) is 13.1 Å². The molecule has 2 aromatic carbocycles. The molecule has 0 N–H and O–H groups in total. The fourth-order valence-corrected chi connectivity index (χ4v) is 7.10. The summed E-state index contributed by atoms with van der Waals surface area (Å²) in [6.07, 6.45) is 5.21. The van der Waals surface area contributed by atoms with E-state index in [1.807, 2.05) is 33.4 Å². The molecule has 0 saturated carbocycles. The van der Waals surface area contributed by atoms with Crippen LogP contribution in [0.3, 0.4) is 0 Å². The van der Waals surface area contributed by atoms with Gasteiger partial charge in [0.15, 0.2) is 0 Å². The van der Waals surface area contributed by atoms with Crippen molar-refractivity contribution in [1.82, 2.24) is 19.8 Å². The minimum absolute atomic E-state index is 0.0206. The molecule has 0 spiro atoms. The Labute approximate surface area is 230 Å². The number of amides is 2. The highest BCUT2D eigenvalue weighted by Gasteiger charge is 2.30.